The number of aryl methyl sites for hydroxylation is 1. The molecule has 0 saturated heterocycles. The van der Waals surface area contributed by atoms with Crippen LogP contribution in [0.25, 0.3) is 10.9 Å². The van der Waals surface area contributed by atoms with Gasteiger partial charge in [0.05, 0.1) is 12.1 Å². The van der Waals surface area contributed by atoms with Crippen LogP contribution in [0.2, 0.25) is 0 Å². The predicted octanol–water partition coefficient (Wildman–Crippen LogP) is 3.44. The number of fused-ring (bicyclic) bond motifs is 3. The van der Waals surface area contributed by atoms with E-state index in [2.05, 4.69) is 4.57 Å². The summed E-state index contributed by atoms with van der Waals surface area (Å²) in [6, 6.07) is 3.74. The van der Waals surface area contributed by atoms with Crippen molar-refractivity contribution in [3.05, 3.63) is 29.2 Å². The molecule has 5 heteroatoms. The Labute approximate surface area is 130 Å². The highest BCUT2D eigenvalue weighted by molar-refractivity contribution is 5.88. The molecule has 1 aromatic carbocycles. The Bertz CT molecular complexity index is 651. The Balaban J connectivity index is 0.00000161. The van der Waals surface area contributed by atoms with Crippen molar-refractivity contribution in [2.75, 3.05) is 6.61 Å². The Morgan fingerprint density at radius 3 is 2.86 bits per heavy atom. The number of nitrogens with zero attached hydrogens (tertiary/aromatic N) is 1. The maximum absolute atomic E-state index is 14.7. The van der Waals surface area contributed by atoms with Crippen molar-refractivity contribution in [3.8, 4) is 5.75 Å². The summed E-state index contributed by atoms with van der Waals surface area (Å²) in [5, 5.41) is 0.711. The number of benzene rings is 1. The largest absolute Gasteiger partial charge is 0.491 e. The minimum atomic E-state index is -0.234. The van der Waals surface area contributed by atoms with Crippen molar-refractivity contribution in [1.29, 1.82) is 0 Å². The molecule has 0 fully saturated rings. The first-order chi connectivity index (χ1) is 9.63. The molecule has 1 aromatic heterocycles. The second kappa shape index (κ2) is 6.24. The molecule has 0 unspecified atom stereocenters. The van der Waals surface area contributed by atoms with Gasteiger partial charge in [0, 0.05) is 23.7 Å². The highest BCUT2D eigenvalue weighted by Crippen LogP contribution is 2.37. The van der Waals surface area contributed by atoms with Crippen LogP contribution in [0.1, 0.15) is 31.5 Å². The highest BCUT2D eigenvalue weighted by Gasteiger charge is 2.25. The van der Waals surface area contributed by atoms with Crippen molar-refractivity contribution in [2.45, 2.75) is 45.7 Å². The SMILES string of the molecule is CCOc1ccc2c(c1F)c(C[C@H](C)N)c1n2CCC1.Cl. The summed E-state index contributed by atoms with van der Waals surface area (Å²) in [4.78, 5) is 0. The first kappa shape index (κ1) is 16.1. The standard InChI is InChI=1S/C16H21FN2O.ClH/c1-3-20-14-7-6-13-15(16(14)17)11(9-10(2)18)12-5-4-8-19(12)13;/h6-7,10H,3-5,8-9,18H2,1-2H3;1H/t10-;/m0./s1. The predicted molar refractivity (Wildman–Crippen MR) is 86.0 cm³/mol. The summed E-state index contributed by atoms with van der Waals surface area (Å²) in [5.41, 5.74) is 9.26. The first-order valence-electron chi connectivity index (χ1n) is 7.34. The van der Waals surface area contributed by atoms with Gasteiger partial charge in [0.25, 0.3) is 0 Å². The van der Waals surface area contributed by atoms with Crippen LogP contribution in [0.4, 0.5) is 4.39 Å². The summed E-state index contributed by atoms with van der Waals surface area (Å²) in [7, 11) is 0. The van der Waals surface area contributed by atoms with Crippen LogP contribution < -0.4 is 10.5 Å². The second-order valence-electron chi connectivity index (χ2n) is 5.57. The number of nitrogens with two attached hydrogens (primary N) is 1. The van der Waals surface area contributed by atoms with Gasteiger partial charge in [-0.3, -0.25) is 0 Å². The molecule has 1 atom stereocenters. The molecule has 3 nitrogen and oxygen atoms in total. The van der Waals surface area contributed by atoms with Crippen LogP contribution in [0, 0.1) is 5.82 Å². The van der Waals surface area contributed by atoms with Gasteiger partial charge in [0.1, 0.15) is 0 Å². The van der Waals surface area contributed by atoms with E-state index in [4.69, 9.17) is 10.5 Å². The fraction of sp³-hybridized carbons (Fsp3) is 0.500. The highest BCUT2D eigenvalue weighted by atomic mass is 35.5. The van der Waals surface area contributed by atoms with Gasteiger partial charge in [0.2, 0.25) is 0 Å². The van der Waals surface area contributed by atoms with E-state index in [9.17, 15) is 4.39 Å². The smallest absolute Gasteiger partial charge is 0.174 e. The maximum atomic E-state index is 14.7. The molecule has 0 bridgehead atoms. The molecule has 0 amide bonds. The van der Waals surface area contributed by atoms with Crippen LogP contribution in [-0.2, 0) is 19.4 Å². The molecule has 0 saturated carbocycles. The van der Waals surface area contributed by atoms with Gasteiger partial charge in [-0.1, -0.05) is 0 Å². The van der Waals surface area contributed by atoms with Gasteiger partial charge in [-0.2, -0.15) is 0 Å². The van der Waals surface area contributed by atoms with Crippen molar-refractivity contribution in [2.24, 2.45) is 5.73 Å². The number of halogens is 2. The van der Waals surface area contributed by atoms with Gasteiger partial charge in [0.15, 0.2) is 11.6 Å². The third-order valence-corrected chi connectivity index (χ3v) is 3.97. The van der Waals surface area contributed by atoms with Gasteiger partial charge in [-0.15, -0.1) is 12.4 Å². The Hall–Kier alpha value is -1.26. The zero-order valence-corrected chi connectivity index (χ0v) is 13.3. The lowest BCUT2D eigenvalue weighted by atomic mass is 10.0. The Morgan fingerprint density at radius 2 is 2.19 bits per heavy atom. The molecule has 116 valence electrons. The minimum Gasteiger partial charge on any atom is -0.491 e. The second-order valence-corrected chi connectivity index (χ2v) is 5.57. The molecular formula is C16H22ClFN2O. The Morgan fingerprint density at radius 1 is 1.43 bits per heavy atom. The molecule has 2 aromatic rings. The number of hydrogen-bond acceptors (Lipinski definition) is 2. The van der Waals surface area contributed by atoms with Gasteiger partial charge >= 0.3 is 0 Å². The van der Waals surface area contributed by atoms with Crippen molar-refractivity contribution in [1.82, 2.24) is 4.57 Å². The summed E-state index contributed by atoms with van der Waals surface area (Å²) in [6.45, 7) is 5.28. The monoisotopic (exact) mass is 312 g/mol. The molecule has 0 aliphatic carbocycles. The van der Waals surface area contributed by atoms with Crippen LogP contribution in [0.5, 0.6) is 5.75 Å². The molecule has 3 rings (SSSR count). The average molecular weight is 313 g/mol. The number of aromatic nitrogens is 1. The van der Waals surface area contributed by atoms with E-state index in [1.54, 1.807) is 6.07 Å². The molecule has 0 spiro atoms. The quantitative estimate of drug-likeness (QED) is 0.939. The zero-order valence-electron chi connectivity index (χ0n) is 12.5. The molecule has 1 aliphatic heterocycles. The summed E-state index contributed by atoms with van der Waals surface area (Å²) < 4.78 is 22.4. The van der Waals surface area contributed by atoms with Crippen LogP contribution >= 0.6 is 12.4 Å². The fourth-order valence-corrected chi connectivity index (χ4v) is 3.27. The molecule has 2 heterocycles. The normalized spacial score (nSPS) is 14.9. The average Bonchev–Trinajstić information content (AvgIpc) is 2.96. The molecule has 0 radical (unpaired) electrons. The van der Waals surface area contributed by atoms with E-state index >= 15 is 0 Å². The Kier molecular flexibility index (Phi) is 4.79. The number of rotatable bonds is 4. The van der Waals surface area contributed by atoms with Crippen molar-refractivity contribution in [3.63, 3.8) is 0 Å². The van der Waals surface area contributed by atoms with E-state index in [0.717, 1.165) is 30.5 Å². The molecular weight excluding hydrogens is 291 g/mol. The van der Waals surface area contributed by atoms with E-state index < -0.39 is 0 Å². The number of ether oxygens (including phenoxy) is 1. The summed E-state index contributed by atoms with van der Waals surface area (Å²) in [6.07, 6.45) is 2.86. The van der Waals surface area contributed by atoms with Crippen LogP contribution in [0.15, 0.2) is 12.1 Å². The van der Waals surface area contributed by atoms with E-state index in [0.29, 0.717) is 24.2 Å². The fourth-order valence-electron chi connectivity index (χ4n) is 3.27. The van der Waals surface area contributed by atoms with Crippen molar-refractivity contribution >= 4 is 23.3 Å². The zero-order chi connectivity index (χ0) is 14.3. The minimum absolute atomic E-state index is 0. The lowest BCUT2D eigenvalue weighted by Gasteiger charge is -2.09. The number of hydrogen-bond donors (Lipinski definition) is 1. The van der Waals surface area contributed by atoms with Crippen molar-refractivity contribution < 1.29 is 9.13 Å². The third kappa shape index (κ3) is 2.62. The maximum Gasteiger partial charge on any atom is 0.174 e. The lowest BCUT2D eigenvalue weighted by molar-refractivity contribution is 0.323. The van der Waals surface area contributed by atoms with Crippen LogP contribution in [-0.4, -0.2) is 17.2 Å². The summed E-state index contributed by atoms with van der Waals surface area (Å²) in [5.74, 6) is 0.108. The van der Waals surface area contributed by atoms with E-state index in [1.807, 2.05) is 19.9 Å². The van der Waals surface area contributed by atoms with Gasteiger partial charge in [-0.05, 0) is 50.8 Å². The third-order valence-electron chi connectivity index (χ3n) is 3.97. The van der Waals surface area contributed by atoms with Gasteiger partial charge < -0.3 is 15.0 Å². The summed E-state index contributed by atoms with van der Waals surface area (Å²) >= 11 is 0. The molecule has 21 heavy (non-hydrogen) atoms. The molecule has 1 aliphatic rings. The topological polar surface area (TPSA) is 40.2 Å². The van der Waals surface area contributed by atoms with Gasteiger partial charge in [-0.25, -0.2) is 4.39 Å². The first-order valence-corrected chi connectivity index (χ1v) is 7.34. The molecule has 2 N–H and O–H groups in total. The lowest BCUT2D eigenvalue weighted by Crippen LogP contribution is -2.18. The van der Waals surface area contributed by atoms with Crippen LogP contribution in [0.3, 0.4) is 0 Å². The van der Waals surface area contributed by atoms with E-state index in [1.165, 1.54) is 5.69 Å². The van der Waals surface area contributed by atoms with E-state index in [-0.39, 0.29) is 24.3 Å².